The van der Waals surface area contributed by atoms with E-state index in [0.29, 0.717) is 18.2 Å². The molecule has 0 aliphatic heterocycles. The molecular formula is C24H27N3O4. The van der Waals surface area contributed by atoms with Crippen LogP contribution < -0.4 is 10.1 Å². The van der Waals surface area contributed by atoms with Gasteiger partial charge in [-0.3, -0.25) is 10.1 Å². The second-order valence-corrected chi connectivity index (χ2v) is 8.05. The van der Waals surface area contributed by atoms with Gasteiger partial charge in [-0.15, -0.1) is 0 Å². The number of benzene rings is 2. The summed E-state index contributed by atoms with van der Waals surface area (Å²) in [6.07, 6.45) is -0.402. The molecule has 0 radical (unpaired) electrons. The topological polar surface area (TPSA) is 82.5 Å². The van der Waals surface area contributed by atoms with Gasteiger partial charge in [-0.05, 0) is 36.8 Å². The van der Waals surface area contributed by atoms with E-state index < -0.39 is 6.09 Å². The Morgan fingerprint density at radius 3 is 2.32 bits per heavy atom. The van der Waals surface area contributed by atoms with Gasteiger partial charge < -0.3 is 9.47 Å². The smallest absolute Gasteiger partial charge is 0.418 e. The van der Waals surface area contributed by atoms with Crippen molar-refractivity contribution in [2.24, 2.45) is 0 Å². The van der Waals surface area contributed by atoms with E-state index in [2.05, 4.69) is 10.4 Å². The van der Waals surface area contributed by atoms with E-state index in [1.807, 2.05) is 57.2 Å². The molecular weight excluding hydrogens is 394 g/mol. The average Bonchev–Trinajstić information content (AvgIpc) is 3.13. The third kappa shape index (κ3) is 5.94. The number of amides is 1. The molecule has 0 saturated carbocycles. The first-order valence-corrected chi connectivity index (χ1v) is 10.2. The van der Waals surface area contributed by atoms with Gasteiger partial charge in [-0.25, -0.2) is 9.48 Å². The van der Waals surface area contributed by atoms with Crippen LogP contribution >= 0.6 is 0 Å². The van der Waals surface area contributed by atoms with E-state index in [9.17, 15) is 9.59 Å². The summed E-state index contributed by atoms with van der Waals surface area (Å²) in [7, 11) is 0. The number of carbonyl (C=O) groups excluding carboxylic acids is 2. The fourth-order valence-electron chi connectivity index (χ4n) is 2.89. The molecule has 1 amide bonds. The van der Waals surface area contributed by atoms with Crippen molar-refractivity contribution in [3.05, 3.63) is 71.9 Å². The van der Waals surface area contributed by atoms with Gasteiger partial charge >= 0.3 is 12.1 Å². The Morgan fingerprint density at radius 1 is 1.03 bits per heavy atom. The highest BCUT2D eigenvalue weighted by molar-refractivity contribution is 5.85. The van der Waals surface area contributed by atoms with Gasteiger partial charge in [0.1, 0.15) is 11.6 Å². The Balaban J connectivity index is 1.84. The van der Waals surface area contributed by atoms with Crippen molar-refractivity contribution in [3.8, 4) is 11.4 Å². The summed E-state index contributed by atoms with van der Waals surface area (Å²) in [6.45, 7) is 8.29. The molecule has 2 aromatic carbocycles. The molecule has 0 saturated heterocycles. The van der Waals surface area contributed by atoms with Crippen molar-refractivity contribution in [1.82, 2.24) is 9.78 Å². The Kier molecular flexibility index (Phi) is 6.74. The number of nitrogens with zero attached hydrogens (tertiary/aromatic N) is 2. The molecule has 1 N–H and O–H groups in total. The number of carbonyl (C=O) groups is 2. The first-order valence-electron chi connectivity index (χ1n) is 10.2. The number of para-hydroxylation sites is 1. The van der Waals surface area contributed by atoms with Crippen LogP contribution in [0.2, 0.25) is 0 Å². The molecule has 31 heavy (non-hydrogen) atoms. The van der Waals surface area contributed by atoms with E-state index in [1.165, 1.54) is 0 Å². The quantitative estimate of drug-likeness (QED) is 0.573. The lowest BCUT2D eigenvalue weighted by Crippen LogP contribution is -2.19. The summed E-state index contributed by atoms with van der Waals surface area (Å²) < 4.78 is 12.0. The number of ether oxygens (including phenoxy) is 2. The molecule has 0 unspecified atom stereocenters. The molecule has 3 rings (SSSR count). The molecule has 3 aromatic rings. The van der Waals surface area contributed by atoms with Gasteiger partial charge in [0.05, 0.1) is 24.4 Å². The molecule has 0 fully saturated rings. The van der Waals surface area contributed by atoms with Crippen LogP contribution in [0, 0.1) is 0 Å². The van der Waals surface area contributed by atoms with Gasteiger partial charge in [-0.2, -0.15) is 5.10 Å². The fourth-order valence-corrected chi connectivity index (χ4v) is 2.89. The fraction of sp³-hybridized carbons (Fsp3) is 0.292. The first kappa shape index (κ1) is 22.1. The second-order valence-electron chi connectivity index (χ2n) is 8.05. The van der Waals surface area contributed by atoms with Crippen LogP contribution in [0.5, 0.6) is 5.75 Å². The van der Waals surface area contributed by atoms with Gasteiger partial charge in [0.15, 0.2) is 0 Å². The maximum Gasteiger partial charge on any atom is 0.418 e. The zero-order chi connectivity index (χ0) is 22.4. The molecule has 1 aromatic heterocycles. The zero-order valence-corrected chi connectivity index (χ0v) is 18.2. The molecule has 0 atom stereocenters. The van der Waals surface area contributed by atoms with Crippen molar-refractivity contribution in [1.29, 1.82) is 0 Å². The number of nitrogens with one attached hydrogen (secondary N) is 1. The summed E-state index contributed by atoms with van der Waals surface area (Å²) in [5, 5.41) is 7.47. The van der Waals surface area contributed by atoms with Crippen LogP contribution in [0.25, 0.3) is 5.69 Å². The van der Waals surface area contributed by atoms with E-state index in [-0.39, 0.29) is 17.8 Å². The standard InChI is InChI=1S/C24H27N3O4/c1-5-30-22(28)15-17-11-13-18(14-12-17)27-21(16-20(26-27)24(2,3)4)25-23(29)31-19-9-7-6-8-10-19/h6-14,16H,5,15H2,1-4H3,(H,25,29). The molecule has 0 aliphatic rings. The Bertz CT molecular complexity index is 1030. The normalized spacial score (nSPS) is 11.1. The van der Waals surface area contributed by atoms with E-state index >= 15 is 0 Å². The number of hydrogen-bond acceptors (Lipinski definition) is 5. The zero-order valence-electron chi connectivity index (χ0n) is 18.2. The van der Waals surface area contributed by atoms with Crippen LogP contribution in [0.4, 0.5) is 10.6 Å². The predicted molar refractivity (Wildman–Crippen MR) is 119 cm³/mol. The van der Waals surface area contributed by atoms with Gasteiger partial charge in [0, 0.05) is 11.5 Å². The molecule has 0 spiro atoms. The minimum absolute atomic E-state index is 0.203. The number of hydrogen-bond donors (Lipinski definition) is 1. The Morgan fingerprint density at radius 2 is 1.71 bits per heavy atom. The molecule has 162 valence electrons. The van der Waals surface area contributed by atoms with Crippen molar-refractivity contribution in [2.75, 3.05) is 11.9 Å². The molecule has 1 heterocycles. The second kappa shape index (κ2) is 9.47. The summed E-state index contributed by atoms with van der Waals surface area (Å²) in [5.74, 6) is 0.671. The number of rotatable bonds is 6. The van der Waals surface area contributed by atoms with Crippen molar-refractivity contribution < 1.29 is 19.1 Å². The van der Waals surface area contributed by atoms with Crippen LogP contribution in [-0.4, -0.2) is 28.4 Å². The van der Waals surface area contributed by atoms with Gasteiger partial charge in [-0.1, -0.05) is 51.1 Å². The lowest BCUT2D eigenvalue weighted by atomic mass is 9.92. The summed E-state index contributed by atoms with van der Waals surface area (Å²) in [4.78, 5) is 24.1. The Labute approximate surface area is 182 Å². The number of esters is 1. The summed E-state index contributed by atoms with van der Waals surface area (Å²) in [5.41, 5.74) is 2.19. The highest BCUT2D eigenvalue weighted by Gasteiger charge is 2.22. The van der Waals surface area contributed by atoms with Crippen LogP contribution in [-0.2, 0) is 21.4 Å². The minimum atomic E-state index is -0.605. The third-order valence-electron chi connectivity index (χ3n) is 4.50. The van der Waals surface area contributed by atoms with E-state index in [4.69, 9.17) is 9.47 Å². The van der Waals surface area contributed by atoms with Crippen molar-refractivity contribution >= 4 is 17.9 Å². The molecule has 0 bridgehead atoms. The summed E-state index contributed by atoms with van der Waals surface area (Å²) >= 11 is 0. The van der Waals surface area contributed by atoms with Gasteiger partial charge in [0.2, 0.25) is 0 Å². The van der Waals surface area contributed by atoms with Crippen LogP contribution in [0.1, 0.15) is 39.0 Å². The molecule has 7 nitrogen and oxygen atoms in total. The maximum absolute atomic E-state index is 12.4. The van der Waals surface area contributed by atoms with Crippen molar-refractivity contribution in [2.45, 2.75) is 39.5 Å². The maximum atomic E-state index is 12.4. The van der Waals surface area contributed by atoms with E-state index in [0.717, 1.165) is 16.9 Å². The highest BCUT2D eigenvalue weighted by atomic mass is 16.6. The van der Waals surface area contributed by atoms with Gasteiger partial charge in [0.25, 0.3) is 0 Å². The van der Waals surface area contributed by atoms with Crippen LogP contribution in [0.15, 0.2) is 60.7 Å². The Hall–Kier alpha value is -3.61. The third-order valence-corrected chi connectivity index (χ3v) is 4.50. The lowest BCUT2D eigenvalue weighted by Gasteiger charge is -2.14. The highest BCUT2D eigenvalue weighted by Crippen LogP contribution is 2.27. The molecule has 7 heteroatoms. The number of anilines is 1. The van der Waals surface area contributed by atoms with Crippen LogP contribution in [0.3, 0.4) is 0 Å². The average molecular weight is 421 g/mol. The minimum Gasteiger partial charge on any atom is -0.466 e. The summed E-state index contributed by atoms with van der Waals surface area (Å²) in [6, 6.07) is 18.1. The van der Waals surface area contributed by atoms with Crippen molar-refractivity contribution in [3.63, 3.8) is 0 Å². The van der Waals surface area contributed by atoms with E-state index in [1.54, 1.807) is 35.9 Å². The monoisotopic (exact) mass is 421 g/mol. The first-order chi connectivity index (χ1) is 14.8. The predicted octanol–water partition coefficient (Wildman–Crippen LogP) is 4.89. The molecule has 0 aliphatic carbocycles. The largest absolute Gasteiger partial charge is 0.466 e. The SMILES string of the molecule is CCOC(=O)Cc1ccc(-n2nc(C(C)(C)C)cc2NC(=O)Oc2ccccc2)cc1. The number of aromatic nitrogens is 2. The lowest BCUT2D eigenvalue weighted by molar-refractivity contribution is -0.142.